The van der Waals surface area contributed by atoms with E-state index in [0.29, 0.717) is 0 Å². The van der Waals surface area contributed by atoms with Crippen molar-refractivity contribution >= 4 is 21.8 Å². The van der Waals surface area contributed by atoms with Gasteiger partial charge in [0.2, 0.25) is 0 Å². The first-order valence-electron chi connectivity index (χ1n) is 2.97. The first kappa shape index (κ1) is 9.12. The van der Waals surface area contributed by atoms with Crippen molar-refractivity contribution in [2.24, 2.45) is 5.73 Å². The third-order valence-electron chi connectivity index (χ3n) is 1.29. The van der Waals surface area contributed by atoms with Crippen molar-refractivity contribution in [3.8, 4) is 0 Å². The Labute approximate surface area is 75.5 Å². The average molecular weight is 236 g/mol. The fourth-order valence-corrected chi connectivity index (χ4v) is 1.25. The molecule has 0 spiro atoms. The molecule has 0 aliphatic carbocycles. The molecule has 64 valence electrons. The zero-order valence-electron chi connectivity index (χ0n) is 5.77. The summed E-state index contributed by atoms with van der Waals surface area (Å²) >= 11 is 2.87. The van der Waals surface area contributed by atoms with Crippen LogP contribution in [0.15, 0.2) is 16.6 Å². The lowest BCUT2D eigenvalue weighted by molar-refractivity contribution is 0.0994. The van der Waals surface area contributed by atoms with E-state index < -0.39 is 23.1 Å². The molecule has 1 rings (SSSR count). The fraction of sp³-hybridized carbons (Fsp3) is 0. The van der Waals surface area contributed by atoms with Gasteiger partial charge in [-0.2, -0.15) is 0 Å². The van der Waals surface area contributed by atoms with Gasteiger partial charge < -0.3 is 5.73 Å². The van der Waals surface area contributed by atoms with E-state index in [1.54, 1.807) is 0 Å². The van der Waals surface area contributed by atoms with Crippen molar-refractivity contribution in [1.29, 1.82) is 0 Å². The lowest BCUT2D eigenvalue weighted by Gasteiger charge is -2.01. The van der Waals surface area contributed by atoms with Crippen LogP contribution < -0.4 is 5.73 Å². The van der Waals surface area contributed by atoms with Gasteiger partial charge in [-0.25, -0.2) is 8.78 Å². The number of carbonyl (C=O) groups is 1. The number of halogens is 3. The number of benzene rings is 1. The van der Waals surface area contributed by atoms with Gasteiger partial charge in [0, 0.05) is 4.47 Å². The van der Waals surface area contributed by atoms with E-state index in [0.717, 1.165) is 6.07 Å². The Bertz CT molecular complexity index is 340. The molecule has 0 saturated heterocycles. The fourth-order valence-electron chi connectivity index (χ4n) is 0.753. The Morgan fingerprint density at radius 2 is 2.00 bits per heavy atom. The highest BCUT2D eigenvalue weighted by atomic mass is 79.9. The van der Waals surface area contributed by atoms with Crippen LogP contribution in [-0.4, -0.2) is 5.91 Å². The molecule has 0 atom stereocenters. The number of carbonyl (C=O) groups excluding carboxylic acids is 1. The minimum atomic E-state index is -1.23. The number of primary amides is 1. The zero-order chi connectivity index (χ0) is 9.30. The maximum atomic E-state index is 12.8. The Kier molecular flexibility index (Phi) is 2.42. The number of hydrogen-bond donors (Lipinski definition) is 1. The molecule has 0 aromatic heterocycles. The Morgan fingerprint density at radius 1 is 1.42 bits per heavy atom. The summed E-state index contributed by atoms with van der Waals surface area (Å²) in [4.78, 5) is 10.6. The monoisotopic (exact) mass is 235 g/mol. The largest absolute Gasteiger partial charge is 0.365 e. The molecule has 0 aliphatic heterocycles. The van der Waals surface area contributed by atoms with Crippen molar-refractivity contribution in [2.75, 3.05) is 0 Å². The smallest absolute Gasteiger partial charge is 0.252 e. The second-order valence-corrected chi connectivity index (χ2v) is 2.94. The zero-order valence-corrected chi connectivity index (χ0v) is 7.36. The van der Waals surface area contributed by atoms with E-state index in [9.17, 15) is 13.6 Å². The van der Waals surface area contributed by atoms with Gasteiger partial charge in [-0.1, -0.05) is 0 Å². The predicted octanol–water partition coefficient (Wildman–Crippen LogP) is 1.83. The molecule has 1 aromatic carbocycles. The Hall–Kier alpha value is -0.970. The summed E-state index contributed by atoms with van der Waals surface area (Å²) in [5.74, 6) is -3.32. The van der Waals surface area contributed by atoms with E-state index >= 15 is 0 Å². The van der Waals surface area contributed by atoms with E-state index in [1.165, 1.54) is 6.07 Å². The van der Waals surface area contributed by atoms with Gasteiger partial charge in [0.1, 0.15) is 0 Å². The van der Waals surface area contributed by atoms with Gasteiger partial charge in [0.05, 0.1) is 5.56 Å². The molecule has 2 nitrogen and oxygen atoms in total. The van der Waals surface area contributed by atoms with Crippen LogP contribution in [-0.2, 0) is 0 Å². The first-order valence-corrected chi connectivity index (χ1v) is 3.76. The lowest BCUT2D eigenvalue weighted by Crippen LogP contribution is -2.14. The quantitative estimate of drug-likeness (QED) is 0.742. The molecule has 0 radical (unpaired) electrons. The number of hydrogen-bond acceptors (Lipinski definition) is 1. The van der Waals surface area contributed by atoms with E-state index in [1.807, 2.05) is 0 Å². The number of amides is 1. The molecule has 0 bridgehead atoms. The van der Waals surface area contributed by atoms with Crippen molar-refractivity contribution in [3.63, 3.8) is 0 Å². The van der Waals surface area contributed by atoms with Gasteiger partial charge >= 0.3 is 0 Å². The molecule has 0 heterocycles. The maximum Gasteiger partial charge on any atom is 0.252 e. The number of rotatable bonds is 1. The van der Waals surface area contributed by atoms with Gasteiger partial charge in [-0.3, -0.25) is 4.79 Å². The van der Waals surface area contributed by atoms with Crippen LogP contribution in [0, 0.1) is 11.6 Å². The third kappa shape index (κ3) is 1.45. The molecule has 5 heteroatoms. The van der Waals surface area contributed by atoms with Gasteiger partial charge in [0.15, 0.2) is 11.6 Å². The van der Waals surface area contributed by atoms with Gasteiger partial charge in [-0.15, -0.1) is 0 Å². The molecule has 0 unspecified atom stereocenters. The second-order valence-electron chi connectivity index (χ2n) is 2.08. The highest BCUT2D eigenvalue weighted by Crippen LogP contribution is 2.21. The summed E-state index contributed by atoms with van der Waals surface area (Å²) in [6.45, 7) is 0. The van der Waals surface area contributed by atoms with Crippen LogP contribution in [0.1, 0.15) is 10.4 Å². The van der Waals surface area contributed by atoms with E-state index in [-0.39, 0.29) is 4.47 Å². The van der Waals surface area contributed by atoms with E-state index in [2.05, 4.69) is 15.9 Å². The molecule has 0 fully saturated rings. The summed E-state index contributed by atoms with van der Waals surface area (Å²) in [6.07, 6.45) is 0. The summed E-state index contributed by atoms with van der Waals surface area (Å²) in [5, 5.41) is 0. The molecular weight excluding hydrogens is 232 g/mol. The van der Waals surface area contributed by atoms with Crippen LogP contribution in [0.2, 0.25) is 0 Å². The van der Waals surface area contributed by atoms with Crippen LogP contribution in [0.5, 0.6) is 0 Å². The highest BCUT2D eigenvalue weighted by Gasteiger charge is 2.16. The molecular formula is C7H4BrF2NO. The van der Waals surface area contributed by atoms with Crippen LogP contribution in [0.4, 0.5) is 8.78 Å². The first-order chi connectivity index (χ1) is 5.54. The Morgan fingerprint density at radius 3 is 2.42 bits per heavy atom. The lowest BCUT2D eigenvalue weighted by atomic mass is 10.2. The average Bonchev–Trinajstić information content (AvgIpc) is 1.97. The van der Waals surface area contributed by atoms with Crippen LogP contribution >= 0.6 is 15.9 Å². The van der Waals surface area contributed by atoms with Crippen LogP contribution in [0.25, 0.3) is 0 Å². The van der Waals surface area contributed by atoms with Crippen molar-refractivity contribution in [2.45, 2.75) is 0 Å². The summed E-state index contributed by atoms with van der Waals surface area (Å²) < 4.78 is 25.5. The molecule has 12 heavy (non-hydrogen) atoms. The summed E-state index contributed by atoms with van der Waals surface area (Å²) in [5.41, 5.74) is 4.35. The van der Waals surface area contributed by atoms with Gasteiger partial charge in [-0.05, 0) is 28.1 Å². The van der Waals surface area contributed by atoms with Crippen molar-refractivity contribution in [3.05, 3.63) is 33.8 Å². The van der Waals surface area contributed by atoms with Crippen molar-refractivity contribution < 1.29 is 13.6 Å². The second kappa shape index (κ2) is 3.18. The minimum absolute atomic E-state index is 0.147. The molecule has 1 aromatic rings. The highest BCUT2D eigenvalue weighted by molar-refractivity contribution is 9.10. The van der Waals surface area contributed by atoms with Crippen molar-refractivity contribution in [1.82, 2.24) is 0 Å². The topological polar surface area (TPSA) is 43.1 Å². The maximum absolute atomic E-state index is 12.8. The predicted molar refractivity (Wildman–Crippen MR) is 42.6 cm³/mol. The number of nitrogens with two attached hydrogens (primary N) is 1. The minimum Gasteiger partial charge on any atom is -0.365 e. The van der Waals surface area contributed by atoms with Gasteiger partial charge in [0.25, 0.3) is 5.91 Å². The van der Waals surface area contributed by atoms with E-state index in [4.69, 9.17) is 5.73 Å². The Balaban J connectivity index is 3.43. The molecule has 1 amide bonds. The summed E-state index contributed by atoms with van der Waals surface area (Å²) in [6, 6.07) is 2.13. The van der Waals surface area contributed by atoms with Crippen LogP contribution in [0.3, 0.4) is 0 Å². The SMILES string of the molecule is NC(=O)c1c(Br)ccc(F)c1F. The standard InChI is InChI=1S/C7H4BrF2NO/c8-3-1-2-4(9)6(10)5(3)7(11)12/h1-2H,(H2,11,12). The molecule has 0 aliphatic rings. The molecule has 0 saturated carbocycles. The molecule has 2 N–H and O–H groups in total. The summed E-state index contributed by atoms with van der Waals surface area (Å²) in [7, 11) is 0. The third-order valence-corrected chi connectivity index (χ3v) is 1.95. The normalized spacial score (nSPS) is 9.92.